The molecule has 1 heterocycles. The number of esters is 1. The molecule has 1 unspecified atom stereocenters. The van der Waals surface area contributed by atoms with Gasteiger partial charge in [-0.2, -0.15) is 0 Å². The smallest absolute Gasteiger partial charge is 0.320 e. The molecule has 0 saturated carbocycles. The molecule has 5 nitrogen and oxygen atoms in total. The van der Waals surface area contributed by atoms with E-state index in [-0.39, 0.29) is 12.4 Å². The van der Waals surface area contributed by atoms with Crippen molar-refractivity contribution >= 4 is 11.8 Å². The highest BCUT2D eigenvalue weighted by Gasteiger charge is 2.46. The quantitative estimate of drug-likeness (QED) is 0.441. The zero-order valence-corrected chi connectivity index (χ0v) is 11.9. The highest BCUT2D eigenvalue weighted by atomic mass is 16.5. The van der Waals surface area contributed by atoms with Crippen LogP contribution in [0.3, 0.4) is 0 Å². The number of carbonyl (C=O) groups is 2. The Morgan fingerprint density at radius 1 is 1.55 bits per heavy atom. The summed E-state index contributed by atoms with van der Waals surface area (Å²) in [5.41, 5.74) is -0.441. The lowest BCUT2D eigenvalue weighted by atomic mass is 9.76. The minimum Gasteiger partial charge on any atom is -0.461 e. The summed E-state index contributed by atoms with van der Waals surface area (Å²) in [5, 5.41) is 0. The van der Waals surface area contributed by atoms with Crippen LogP contribution in [0.5, 0.6) is 0 Å². The molecule has 2 aliphatic rings. The summed E-state index contributed by atoms with van der Waals surface area (Å²) in [7, 11) is 0. The first-order chi connectivity index (χ1) is 9.59. The van der Waals surface area contributed by atoms with Crippen LogP contribution < -0.4 is 0 Å². The van der Waals surface area contributed by atoms with E-state index >= 15 is 0 Å². The summed E-state index contributed by atoms with van der Waals surface area (Å²) in [4.78, 5) is 26.8. The summed E-state index contributed by atoms with van der Waals surface area (Å²) in [6, 6.07) is 0. The van der Waals surface area contributed by atoms with Gasteiger partial charge < -0.3 is 14.4 Å². The van der Waals surface area contributed by atoms with Crippen molar-refractivity contribution in [3.05, 3.63) is 24.4 Å². The van der Waals surface area contributed by atoms with Gasteiger partial charge in [-0.15, -0.1) is 0 Å². The predicted molar refractivity (Wildman–Crippen MR) is 74.0 cm³/mol. The third-order valence-electron chi connectivity index (χ3n) is 3.85. The van der Waals surface area contributed by atoms with E-state index in [1.807, 2.05) is 11.0 Å². The van der Waals surface area contributed by atoms with Gasteiger partial charge in [0.2, 0.25) is 0 Å². The average molecular weight is 279 g/mol. The molecule has 0 spiro atoms. The summed E-state index contributed by atoms with van der Waals surface area (Å²) in [6.07, 6.45) is 4.64. The Morgan fingerprint density at radius 3 is 2.90 bits per heavy atom. The van der Waals surface area contributed by atoms with Gasteiger partial charge in [0.05, 0.1) is 18.9 Å². The van der Waals surface area contributed by atoms with E-state index < -0.39 is 11.4 Å². The van der Waals surface area contributed by atoms with Gasteiger partial charge in [0.1, 0.15) is 12.0 Å². The molecule has 0 radical (unpaired) electrons. The van der Waals surface area contributed by atoms with Gasteiger partial charge >= 0.3 is 5.97 Å². The normalized spacial score (nSPS) is 26.9. The number of allylic oxidation sites excluding steroid dienone is 2. The van der Waals surface area contributed by atoms with Gasteiger partial charge in [-0.25, -0.2) is 0 Å². The van der Waals surface area contributed by atoms with Crippen molar-refractivity contribution in [2.75, 3.05) is 32.9 Å². The minimum atomic E-state index is -1.08. The van der Waals surface area contributed by atoms with E-state index in [1.54, 1.807) is 6.92 Å². The molecule has 2 rings (SSSR count). The molecule has 0 amide bonds. The van der Waals surface area contributed by atoms with Crippen LogP contribution in [0.25, 0.3) is 0 Å². The van der Waals surface area contributed by atoms with Gasteiger partial charge in [-0.1, -0.05) is 18.7 Å². The standard InChI is InChI=1S/C15H21NO4/c1-3-9-20-14(18)15(2)6-4-5-12(13(15)17)16-7-10-19-11-8-16/h3,5H,1,4,6-11H2,2H3. The predicted octanol–water partition coefficient (Wildman–Crippen LogP) is 1.30. The molecule has 0 aromatic carbocycles. The van der Waals surface area contributed by atoms with Crippen LogP contribution in [0.15, 0.2) is 24.4 Å². The Bertz CT molecular complexity index is 437. The Labute approximate surface area is 119 Å². The van der Waals surface area contributed by atoms with Gasteiger partial charge in [0.15, 0.2) is 5.78 Å². The fourth-order valence-corrected chi connectivity index (χ4v) is 2.55. The third-order valence-corrected chi connectivity index (χ3v) is 3.85. The molecule has 0 bridgehead atoms. The van der Waals surface area contributed by atoms with Gasteiger partial charge in [0, 0.05) is 13.1 Å². The maximum Gasteiger partial charge on any atom is 0.320 e. The largest absolute Gasteiger partial charge is 0.461 e. The molecule has 5 heteroatoms. The molecule has 0 N–H and O–H groups in total. The molecule has 0 aromatic heterocycles. The molecule has 1 aliphatic carbocycles. The highest BCUT2D eigenvalue weighted by molar-refractivity contribution is 6.12. The first-order valence-corrected chi connectivity index (χ1v) is 6.95. The Morgan fingerprint density at radius 2 is 2.25 bits per heavy atom. The molecular formula is C15H21NO4. The lowest BCUT2D eigenvalue weighted by molar-refractivity contribution is -0.158. The molecule has 110 valence electrons. The average Bonchev–Trinajstić information content (AvgIpc) is 2.48. The van der Waals surface area contributed by atoms with Crippen LogP contribution in [-0.4, -0.2) is 49.6 Å². The zero-order chi connectivity index (χ0) is 14.6. The molecule has 1 fully saturated rings. The second kappa shape index (κ2) is 6.22. The van der Waals surface area contributed by atoms with Crippen molar-refractivity contribution in [1.82, 2.24) is 4.90 Å². The zero-order valence-electron chi connectivity index (χ0n) is 11.9. The molecule has 1 atom stereocenters. The second-order valence-electron chi connectivity index (χ2n) is 5.28. The number of ketones is 1. The maximum atomic E-state index is 12.7. The van der Waals surface area contributed by atoms with Crippen LogP contribution in [-0.2, 0) is 19.1 Å². The summed E-state index contributed by atoms with van der Waals surface area (Å²) >= 11 is 0. The molecule has 20 heavy (non-hydrogen) atoms. The van der Waals surface area contributed by atoms with E-state index in [2.05, 4.69) is 6.58 Å². The van der Waals surface area contributed by atoms with Crippen LogP contribution >= 0.6 is 0 Å². The number of Topliss-reactive ketones (excluding diaryl/α,β-unsaturated/α-hetero) is 1. The molecular weight excluding hydrogens is 258 g/mol. The van der Waals surface area contributed by atoms with E-state index in [4.69, 9.17) is 9.47 Å². The van der Waals surface area contributed by atoms with Gasteiger partial charge in [0.25, 0.3) is 0 Å². The van der Waals surface area contributed by atoms with E-state index in [1.165, 1.54) is 6.08 Å². The SMILES string of the molecule is C=CCOC(=O)C1(C)CCC=C(N2CCOCC2)C1=O. The highest BCUT2D eigenvalue weighted by Crippen LogP contribution is 2.35. The van der Waals surface area contributed by atoms with Crippen molar-refractivity contribution < 1.29 is 19.1 Å². The fourth-order valence-electron chi connectivity index (χ4n) is 2.55. The number of hydrogen-bond donors (Lipinski definition) is 0. The van der Waals surface area contributed by atoms with E-state index in [0.29, 0.717) is 44.8 Å². The lowest BCUT2D eigenvalue weighted by Gasteiger charge is -2.37. The Hall–Kier alpha value is -1.62. The van der Waals surface area contributed by atoms with Crippen molar-refractivity contribution in [2.24, 2.45) is 5.41 Å². The van der Waals surface area contributed by atoms with Crippen molar-refractivity contribution in [3.8, 4) is 0 Å². The number of rotatable bonds is 4. The molecule has 0 aromatic rings. The Kier molecular flexibility index (Phi) is 4.60. The molecule has 1 saturated heterocycles. The number of ether oxygens (including phenoxy) is 2. The summed E-state index contributed by atoms with van der Waals surface area (Å²) in [6.45, 7) is 7.93. The number of morpholine rings is 1. The lowest BCUT2D eigenvalue weighted by Crippen LogP contribution is -2.47. The first kappa shape index (κ1) is 14.8. The first-order valence-electron chi connectivity index (χ1n) is 6.95. The van der Waals surface area contributed by atoms with Gasteiger partial charge in [-0.05, 0) is 19.8 Å². The summed E-state index contributed by atoms with van der Waals surface area (Å²) < 4.78 is 10.4. The van der Waals surface area contributed by atoms with E-state index in [0.717, 1.165) is 0 Å². The van der Waals surface area contributed by atoms with E-state index in [9.17, 15) is 9.59 Å². The van der Waals surface area contributed by atoms with Crippen LogP contribution in [0.2, 0.25) is 0 Å². The second-order valence-corrected chi connectivity index (χ2v) is 5.28. The van der Waals surface area contributed by atoms with Crippen molar-refractivity contribution in [2.45, 2.75) is 19.8 Å². The number of hydrogen-bond acceptors (Lipinski definition) is 5. The van der Waals surface area contributed by atoms with Crippen LogP contribution in [0.4, 0.5) is 0 Å². The van der Waals surface area contributed by atoms with Crippen molar-refractivity contribution in [3.63, 3.8) is 0 Å². The maximum absolute atomic E-state index is 12.7. The van der Waals surface area contributed by atoms with Crippen molar-refractivity contribution in [1.29, 1.82) is 0 Å². The fraction of sp³-hybridized carbons (Fsp3) is 0.600. The minimum absolute atomic E-state index is 0.137. The van der Waals surface area contributed by atoms with Crippen LogP contribution in [0, 0.1) is 5.41 Å². The monoisotopic (exact) mass is 279 g/mol. The van der Waals surface area contributed by atoms with Crippen LogP contribution in [0.1, 0.15) is 19.8 Å². The molecule has 1 aliphatic heterocycles. The topological polar surface area (TPSA) is 55.8 Å². The number of carbonyl (C=O) groups excluding carboxylic acids is 2. The summed E-state index contributed by atoms with van der Waals surface area (Å²) in [5.74, 6) is -0.596. The third kappa shape index (κ3) is 2.77. The van der Waals surface area contributed by atoms with Gasteiger partial charge in [-0.3, -0.25) is 9.59 Å². The number of nitrogens with zero attached hydrogens (tertiary/aromatic N) is 1. The Balaban J connectivity index is 2.13.